The van der Waals surface area contributed by atoms with E-state index < -0.39 is 11.5 Å². The molecule has 0 saturated carbocycles. The van der Waals surface area contributed by atoms with Crippen LogP contribution >= 0.6 is 0 Å². The van der Waals surface area contributed by atoms with Crippen LogP contribution in [0.3, 0.4) is 0 Å². The number of imidazole rings is 1. The molecule has 0 aliphatic carbocycles. The minimum Gasteiger partial charge on any atom is -0.297 e. The monoisotopic (exact) mass is 274 g/mol. The number of hydrogen-bond donors (Lipinski definition) is 0. The first-order valence-electron chi connectivity index (χ1n) is 7.03. The topological polar surface area (TPSA) is 44.0 Å². The molecule has 0 bridgehead atoms. The van der Waals surface area contributed by atoms with Crippen molar-refractivity contribution < 1.29 is 4.79 Å². The number of ketones is 1. The Morgan fingerprint density at radius 3 is 2.25 bits per heavy atom. The molecular weight excluding hydrogens is 252 g/mol. The van der Waals surface area contributed by atoms with E-state index in [0.29, 0.717) is 6.54 Å². The zero-order valence-electron chi connectivity index (χ0n) is 12.8. The second-order valence-electron chi connectivity index (χ2n) is 6.18. The highest BCUT2D eigenvalue weighted by molar-refractivity contribution is 5.89. The number of hydrogen-bond acceptors (Lipinski definition) is 2. The standard InChI is InChI=1S/C16H22N2O2/c1-6-17-12-9-7-8-10-13(12)18(15(17)20)11(2)14(19)16(3,4)5/h7-11H,6H2,1-5H3. The van der Waals surface area contributed by atoms with Crippen molar-refractivity contribution in [1.82, 2.24) is 9.13 Å². The maximum atomic E-state index is 12.6. The molecule has 0 N–H and O–H groups in total. The van der Waals surface area contributed by atoms with Gasteiger partial charge in [-0.3, -0.25) is 13.9 Å². The molecule has 0 spiro atoms. The molecule has 4 heteroatoms. The summed E-state index contributed by atoms with van der Waals surface area (Å²) in [4.78, 5) is 25.1. The summed E-state index contributed by atoms with van der Waals surface area (Å²) in [6, 6.07) is 7.17. The van der Waals surface area contributed by atoms with Crippen LogP contribution in [-0.4, -0.2) is 14.9 Å². The maximum absolute atomic E-state index is 12.6. The molecule has 0 aliphatic heterocycles. The van der Waals surface area contributed by atoms with Crippen molar-refractivity contribution in [3.8, 4) is 0 Å². The predicted octanol–water partition coefficient (Wildman–Crippen LogP) is 3.00. The summed E-state index contributed by atoms with van der Waals surface area (Å²) >= 11 is 0. The Balaban J connectivity index is 2.69. The van der Waals surface area contributed by atoms with Crippen LogP contribution in [0.25, 0.3) is 11.0 Å². The second-order valence-corrected chi connectivity index (χ2v) is 6.18. The quantitative estimate of drug-likeness (QED) is 0.863. The van der Waals surface area contributed by atoms with Crippen molar-refractivity contribution in [1.29, 1.82) is 0 Å². The van der Waals surface area contributed by atoms with Crippen LogP contribution in [-0.2, 0) is 11.3 Å². The summed E-state index contributed by atoms with van der Waals surface area (Å²) in [5.41, 5.74) is 1.13. The molecule has 0 radical (unpaired) electrons. The van der Waals surface area contributed by atoms with Crippen molar-refractivity contribution >= 4 is 16.8 Å². The minimum absolute atomic E-state index is 0.0682. The second kappa shape index (κ2) is 4.93. The van der Waals surface area contributed by atoms with Gasteiger partial charge in [-0.15, -0.1) is 0 Å². The largest absolute Gasteiger partial charge is 0.329 e. The van der Waals surface area contributed by atoms with Crippen molar-refractivity contribution in [3.63, 3.8) is 0 Å². The van der Waals surface area contributed by atoms with E-state index in [1.165, 1.54) is 0 Å². The average Bonchev–Trinajstić information content (AvgIpc) is 2.67. The average molecular weight is 274 g/mol. The molecule has 2 aromatic rings. The maximum Gasteiger partial charge on any atom is 0.329 e. The molecule has 1 heterocycles. The van der Waals surface area contributed by atoms with Gasteiger partial charge < -0.3 is 0 Å². The molecule has 20 heavy (non-hydrogen) atoms. The van der Waals surface area contributed by atoms with E-state index in [1.807, 2.05) is 52.0 Å². The number of Topliss-reactive ketones (excluding diaryl/α,β-unsaturated/α-hetero) is 1. The van der Waals surface area contributed by atoms with Gasteiger partial charge >= 0.3 is 5.69 Å². The molecule has 1 atom stereocenters. The van der Waals surface area contributed by atoms with Gasteiger partial charge in [-0.1, -0.05) is 32.9 Å². The molecule has 4 nitrogen and oxygen atoms in total. The zero-order chi connectivity index (χ0) is 15.1. The van der Waals surface area contributed by atoms with Crippen LogP contribution in [0.15, 0.2) is 29.1 Å². The van der Waals surface area contributed by atoms with Gasteiger partial charge in [0.05, 0.1) is 17.1 Å². The van der Waals surface area contributed by atoms with E-state index in [-0.39, 0.29) is 11.5 Å². The lowest BCUT2D eigenvalue weighted by molar-refractivity contribution is -0.129. The summed E-state index contributed by atoms with van der Waals surface area (Å²) in [7, 11) is 0. The third kappa shape index (κ3) is 2.19. The number of aromatic nitrogens is 2. The van der Waals surface area contributed by atoms with E-state index in [4.69, 9.17) is 0 Å². The molecule has 2 rings (SSSR count). The SMILES string of the molecule is CCn1c(=O)n(C(C)C(=O)C(C)(C)C)c2ccccc21. The predicted molar refractivity (Wildman–Crippen MR) is 81.0 cm³/mol. The Kier molecular flexibility index (Phi) is 3.59. The molecule has 0 aliphatic rings. The third-order valence-corrected chi connectivity index (χ3v) is 3.69. The molecule has 108 valence electrons. The number of benzene rings is 1. The van der Waals surface area contributed by atoms with Crippen LogP contribution in [0, 0.1) is 5.41 Å². The number of carbonyl (C=O) groups excluding carboxylic acids is 1. The van der Waals surface area contributed by atoms with Crippen LogP contribution in [0.4, 0.5) is 0 Å². The van der Waals surface area contributed by atoms with Crippen LogP contribution < -0.4 is 5.69 Å². The minimum atomic E-state index is -0.464. The summed E-state index contributed by atoms with van der Waals surface area (Å²) in [6.45, 7) is 10.0. The number of carbonyl (C=O) groups is 1. The normalized spacial score (nSPS) is 13.7. The Morgan fingerprint density at radius 1 is 1.20 bits per heavy atom. The number of rotatable bonds is 3. The fourth-order valence-corrected chi connectivity index (χ4v) is 2.66. The van der Waals surface area contributed by atoms with Crippen LogP contribution in [0.5, 0.6) is 0 Å². The number of fused-ring (bicyclic) bond motifs is 1. The van der Waals surface area contributed by atoms with E-state index in [1.54, 1.807) is 16.1 Å². The summed E-state index contributed by atoms with van der Waals surface area (Å²) in [5.74, 6) is 0.0682. The van der Waals surface area contributed by atoms with Gasteiger partial charge in [-0.2, -0.15) is 0 Å². The smallest absolute Gasteiger partial charge is 0.297 e. The van der Waals surface area contributed by atoms with Gasteiger partial charge in [-0.05, 0) is 26.0 Å². The first-order chi connectivity index (χ1) is 9.29. The lowest BCUT2D eigenvalue weighted by Gasteiger charge is -2.22. The zero-order valence-corrected chi connectivity index (χ0v) is 12.8. The van der Waals surface area contributed by atoms with Gasteiger partial charge in [0.15, 0.2) is 5.78 Å². The molecule has 1 aromatic heterocycles. The summed E-state index contributed by atoms with van der Waals surface area (Å²) in [6.07, 6.45) is 0. The highest BCUT2D eigenvalue weighted by Gasteiger charge is 2.30. The fourth-order valence-electron chi connectivity index (χ4n) is 2.66. The van der Waals surface area contributed by atoms with Gasteiger partial charge in [0.2, 0.25) is 0 Å². The molecule has 0 fully saturated rings. The van der Waals surface area contributed by atoms with E-state index in [2.05, 4.69) is 0 Å². The molecule has 0 amide bonds. The fraction of sp³-hybridized carbons (Fsp3) is 0.500. The summed E-state index contributed by atoms with van der Waals surface area (Å²) in [5, 5.41) is 0. The number of para-hydroxylation sites is 2. The van der Waals surface area contributed by atoms with Crippen molar-refractivity contribution in [2.24, 2.45) is 5.41 Å². The molecule has 1 aromatic carbocycles. The molecule has 0 saturated heterocycles. The Labute approximate surface area is 119 Å². The highest BCUT2D eigenvalue weighted by Crippen LogP contribution is 2.25. The van der Waals surface area contributed by atoms with Gasteiger partial charge in [0.25, 0.3) is 0 Å². The Hall–Kier alpha value is -1.84. The van der Waals surface area contributed by atoms with E-state index >= 15 is 0 Å². The van der Waals surface area contributed by atoms with E-state index in [0.717, 1.165) is 11.0 Å². The highest BCUT2D eigenvalue weighted by atomic mass is 16.2. The first kappa shape index (κ1) is 14.6. The lowest BCUT2D eigenvalue weighted by Crippen LogP contribution is -2.35. The van der Waals surface area contributed by atoms with Crippen molar-refractivity contribution in [2.75, 3.05) is 0 Å². The van der Waals surface area contributed by atoms with Crippen molar-refractivity contribution in [3.05, 3.63) is 34.7 Å². The third-order valence-electron chi connectivity index (χ3n) is 3.69. The Morgan fingerprint density at radius 2 is 1.75 bits per heavy atom. The molecule has 1 unspecified atom stereocenters. The van der Waals surface area contributed by atoms with Crippen LogP contribution in [0.1, 0.15) is 40.7 Å². The van der Waals surface area contributed by atoms with Gasteiger partial charge in [0.1, 0.15) is 0 Å². The number of aryl methyl sites for hydroxylation is 1. The van der Waals surface area contributed by atoms with Crippen LogP contribution in [0.2, 0.25) is 0 Å². The van der Waals surface area contributed by atoms with E-state index in [9.17, 15) is 9.59 Å². The lowest BCUT2D eigenvalue weighted by atomic mass is 9.87. The van der Waals surface area contributed by atoms with Gasteiger partial charge in [-0.25, -0.2) is 4.79 Å². The van der Waals surface area contributed by atoms with Gasteiger partial charge in [0, 0.05) is 12.0 Å². The van der Waals surface area contributed by atoms with Crippen molar-refractivity contribution in [2.45, 2.75) is 47.2 Å². The summed E-state index contributed by atoms with van der Waals surface area (Å²) < 4.78 is 3.33. The molecular formula is C16H22N2O2. The number of nitrogens with zero attached hydrogens (tertiary/aromatic N) is 2. The Bertz CT molecular complexity index is 701. The first-order valence-corrected chi connectivity index (χ1v) is 7.03.